The number of methoxy groups -OCH3 is 2. The fraction of sp³-hybridized carbons (Fsp3) is 0.136. The number of carbonyl (C=O) groups is 1. The second-order valence-corrected chi connectivity index (χ2v) is 9.52. The molecule has 0 aliphatic rings. The van der Waals surface area contributed by atoms with Gasteiger partial charge in [-0.1, -0.05) is 18.2 Å². The molecular weight excluding hydrogens is 531 g/mol. The standard InChI is InChI=1S/C22H21IN2O5S/c1-29-18-12-13-21(30-2)20(14-18)24-22(26)15-25(17-10-8-16(23)9-11-17)31(27,28)19-6-4-3-5-7-19/h3-14H,15H2,1-2H3,(H,24,26). The van der Waals surface area contributed by atoms with E-state index in [9.17, 15) is 13.2 Å². The summed E-state index contributed by atoms with van der Waals surface area (Å²) in [6, 6.07) is 19.9. The summed E-state index contributed by atoms with van der Waals surface area (Å²) in [6.45, 7) is -0.418. The third-order valence-corrected chi connectivity index (χ3v) is 6.92. The number of anilines is 2. The van der Waals surface area contributed by atoms with Crippen molar-refractivity contribution in [1.29, 1.82) is 0 Å². The van der Waals surface area contributed by atoms with E-state index in [-0.39, 0.29) is 4.90 Å². The lowest BCUT2D eigenvalue weighted by Crippen LogP contribution is -2.38. The number of nitrogens with zero attached hydrogens (tertiary/aromatic N) is 1. The second kappa shape index (κ2) is 10.0. The number of sulfonamides is 1. The first-order valence-electron chi connectivity index (χ1n) is 9.20. The van der Waals surface area contributed by atoms with Crippen LogP contribution in [0.15, 0.2) is 77.7 Å². The molecule has 162 valence electrons. The van der Waals surface area contributed by atoms with Gasteiger partial charge in [-0.2, -0.15) is 0 Å². The van der Waals surface area contributed by atoms with Gasteiger partial charge >= 0.3 is 0 Å². The molecule has 1 N–H and O–H groups in total. The van der Waals surface area contributed by atoms with Gasteiger partial charge in [0.2, 0.25) is 5.91 Å². The molecule has 0 radical (unpaired) electrons. The Bertz CT molecular complexity index is 1150. The van der Waals surface area contributed by atoms with Crippen LogP contribution in [0.5, 0.6) is 11.5 Å². The van der Waals surface area contributed by atoms with Gasteiger partial charge in [-0.05, 0) is 71.1 Å². The topological polar surface area (TPSA) is 84.9 Å². The van der Waals surface area contributed by atoms with Crippen LogP contribution < -0.4 is 19.1 Å². The Balaban J connectivity index is 1.94. The van der Waals surface area contributed by atoms with Crippen LogP contribution in [0.2, 0.25) is 0 Å². The molecule has 0 saturated heterocycles. The highest BCUT2D eigenvalue weighted by atomic mass is 127. The van der Waals surface area contributed by atoms with Crippen LogP contribution in [-0.4, -0.2) is 35.1 Å². The fourth-order valence-electron chi connectivity index (χ4n) is 2.87. The molecule has 3 aromatic rings. The first-order valence-corrected chi connectivity index (χ1v) is 11.7. The Morgan fingerprint density at radius 3 is 2.26 bits per heavy atom. The highest BCUT2D eigenvalue weighted by molar-refractivity contribution is 14.1. The van der Waals surface area contributed by atoms with E-state index < -0.39 is 22.5 Å². The van der Waals surface area contributed by atoms with Crippen molar-refractivity contribution >= 4 is 49.9 Å². The van der Waals surface area contributed by atoms with Gasteiger partial charge in [0.05, 0.1) is 30.5 Å². The van der Waals surface area contributed by atoms with Crippen molar-refractivity contribution < 1.29 is 22.7 Å². The molecule has 0 aliphatic carbocycles. The summed E-state index contributed by atoms with van der Waals surface area (Å²) in [5.74, 6) is 0.438. The molecule has 0 spiro atoms. The van der Waals surface area contributed by atoms with E-state index in [1.807, 2.05) is 0 Å². The van der Waals surface area contributed by atoms with E-state index in [0.29, 0.717) is 22.9 Å². The average molecular weight is 552 g/mol. The van der Waals surface area contributed by atoms with Crippen molar-refractivity contribution in [3.8, 4) is 11.5 Å². The minimum absolute atomic E-state index is 0.0975. The van der Waals surface area contributed by atoms with Crippen molar-refractivity contribution in [3.05, 3.63) is 76.4 Å². The SMILES string of the molecule is COc1ccc(OC)c(NC(=O)CN(c2ccc(I)cc2)S(=O)(=O)c2ccccc2)c1. The predicted octanol–water partition coefficient (Wildman–Crippen LogP) is 4.14. The Morgan fingerprint density at radius 2 is 1.65 bits per heavy atom. The maximum Gasteiger partial charge on any atom is 0.264 e. The van der Waals surface area contributed by atoms with Crippen molar-refractivity contribution in [2.45, 2.75) is 4.90 Å². The van der Waals surface area contributed by atoms with Gasteiger partial charge in [0.1, 0.15) is 18.0 Å². The monoisotopic (exact) mass is 552 g/mol. The molecular formula is C22H21IN2O5S. The number of hydrogen-bond acceptors (Lipinski definition) is 5. The highest BCUT2D eigenvalue weighted by Gasteiger charge is 2.27. The average Bonchev–Trinajstić information content (AvgIpc) is 2.78. The molecule has 7 nitrogen and oxygen atoms in total. The van der Waals surface area contributed by atoms with E-state index in [4.69, 9.17) is 9.47 Å². The van der Waals surface area contributed by atoms with Gasteiger partial charge in [0, 0.05) is 9.64 Å². The molecule has 1 amide bonds. The van der Waals surface area contributed by atoms with E-state index in [0.717, 1.165) is 7.88 Å². The predicted molar refractivity (Wildman–Crippen MR) is 128 cm³/mol. The lowest BCUT2D eigenvalue weighted by Gasteiger charge is -2.24. The number of hydrogen-bond donors (Lipinski definition) is 1. The Kier molecular flexibility index (Phi) is 7.39. The number of ether oxygens (including phenoxy) is 2. The van der Waals surface area contributed by atoms with E-state index in [2.05, 4.69) is 27.9 Å². The molecule has 3 rings (SSSR count). The molecule has 0 aromatic heterocycles. The summed E-state index contributed by atoms with van der Waals surface area (Å²) in [6.07, 6.45) is 0. The van der Waals surface area contributed by atoms with Gasteiger partial charge in [-0.15, -0.1) is 0 Å². The number of carbonyl (C=O) groups excluding carboxylic acids is 1. The first-order chi connectivity index (χ1) is 14.8. The summed E-state index contributed by atoms with van der Waals surface area (Å²) in [4.78, 5) is 13.0. The molecule has 3 aromatic carbocycles. The zero-order chi connectivity index (χ0) is 22.4. The molecule has 31 heavy (non-hydrogen) atoms. The maximum atomic E-state index is 13.3. The lowest BCUT2D eigenvalue weighted by atomic mass is 10.2. The summed E-state index contributed by atoms with van der Waals surface area (Å²) >= 11 is 2.13. The van der Waals surface area contributed by atoms with Gasteiger partial charge in [-0.25, -0.2) is 8.42 Å². The van der Waals surface area contributed by atoms with Crippen LogP contribution in [0.4, 0.5) is 11.4 Å². The molecule has 0 heterocycles. The quantitative estimate of drug-likeness (QED) is 0.425. The van der Waals surface area contributed by atoms with Crippen LogP contribution in [0.1, 0.15) is 0 Å². The van der Waals surface area contributed by atoms with Crippen LogP contribution in [-0.2, 0) is 14.8 Å². The third kappa shape index (κ3) is 5.47. The first kappa shape index (κ1) is 22.9. The number of halogens is 1. The molecule has 0 saturated carbocycles. The molecule has 9 heteroatoms. The second-order valence-electron chi connectivity index (χ2n) is 6.42. The van der Waals surface area contributed by atoms with Crippen molar-refractivity contribution in [1.82, 2.24) is 0 Å². The largest absolute Gasteiger partial charge is 0.497 e. The number of rotatable bonds is 8. The van der Waals surface area contributed by atoms with Crippen molar-refractivity contribution in [3.63, 3.8) is 0 Å². The zero-order valence-electron chi connectivity index (χ0n) is 16.9. The Hall–Kier alpha value is -2.79. The number of nitrogens with one attached hydrogen (secondary N) is 1. The Labute approximate surface area is 195 Å². The van der Waals surface area contributed by atoms with E-state index >= 15 is 0 Å². The van der Waals surface area contributed by atoms with E-state index in [1.165, 1.54) is 26.4 Å². The van der Waals surface area contributed by atoms with Gasteiger partial charge in [0.15, 0.2) is 0 Å². The summed E-state index contributed by atoms with van der Waals surface area (Å²) in [7, 11) is -0.975. The minimum Gasteiger partial charge on any atom is -0.497 e. The number of amides is 1. The maximum absolute atomic E-state index is 13.3. The van der Waals surface area contributed by atoms with Crippen molar-refractivity contribution in [2.24, 2.45) is 0 Å². The smallest absolute Gasteiger partial charge is 0.264 e. The van der Waals surface area contributed by atoms with Crippen LogP contribution in [0, 0.1) is 3.57 Å². The fourth-order valence-corrected chi connectivity index (χ4v) is 4.68. The van der Waals surface area contributed by atoms with Crippen LogP contribution in [0.25, 0.3) is 0 Å². The van der Waals surface area contributed by atoms with Crippen LogP contribution in [0.3, 0.4) is 0 Å². The normalized spacial score (nSPS) is 10.9. The van der Waals surface area contributed by atoms with Gasteiger partial charge in [0.25, 0.3) is 10.0 Å². The third-order valence-electron chi connectivity index (χ3n) is 4.41. The molecule has 0 fully saturated rings. The molecule has 0 unspecified atom stereocenters. The molecule has 0 bridgehead atoms. The zero-order valence-corrected chi connectivity index (χ0v) is 19.9. The van der Waals surface area contributed by atoms with Gasteiger partial charge < -0.3 is 14.8 Å². The summed E-state index contributed by atoms with van der Waals surface area (Å²) < 4.78 is 39.2. The van der Waals surface area contributed by atoms with E-state index in [1.54, 1.807) is 60.7 Å². The van der Waals surface area contributed by atoms with Crippen molar-refractivity contribution in [2.75, 3.05) is 30.4 Å². The van der Waals surface area contributed by atoms with Gasteiger partial charge in [-0.3, -0.25) is 9.10 Å². The highest BCUT2D eigenvalue weighted by Crippen LogP contribution is 2.29. The molecule has 0 aliphatic heterocycles. The Morgan fingerprint density at radius 1 is 0.968 bits per heavy atom. The summed E-state index contributed by atoms with van der Waals surface area (Å²) in [5.41, 5.74) is 0.767. The van der Waals surface area contributed by atoms with Crippen LogP contribution >= 0.6 is 22.6 Å². The lowest BCUT2D eigenvalue weighted by molar-refractivity contribution is -0.114. The molecule has 0 atom stereocenters. The minimum atomic E-state index is -3.97. The number of benzene rings is 3. The summed E-state index contributed by atoms with van der Waals surface area (Å²) in [5, 5.41) is 2.72.